The first-order valence-corrected chi connectivity index (χ1v) is 6.68. The number of methoxy groups -OCH3 is 1. The lowest BCUT2D eigenvalue weighted by molar-refractivity contribution is -0.118. The first-order chi connectivity index (χ1) is 9.08. The maximum Gasteiger partial charge on any atom is 0.121 e. The molecule has 0 amide bonds. The average Bonchev–Trinajstić information content (AvgIpc) is 2.34. The van der Waals surface area contributed by atoms with Crippen LogP contribution in [0.3, 0.4) is 0 Å². The molecule has 0 aliphatic carbocycles. The van der Waals surface area contributed by atoms with Crippen molar-refractivity contribution in [3.8, 4) is 5.75 Å². The van der Waals surface area contributed by atoms with E-state index in [4.69, 9.17) is 15.2 Å². The molecule has 4 nitrogen and oxygen atoms in total. The van der Waals surface area contributed by atoms with Gasteiger partial charge < -0.3 is 20.1 Å². The van der Waals surface area contributed by atoms with Crippen LogP contribution in [0.2, 0.25) is 0 Å². The summed E-state index contributed by atoms with van der Waals surface area (Å²) < 4.78 is 10.6. The lowest BCUT2D eigenvalue weighted by atomic mass is 9.85. The lowest BCUT2D eigenvalue weighted by Crippen LogP contribution is -2.54. The van der Waals surface area contributed by atoms with Gasteiger partial charge >= 0.3 is 0 Å². The molecule has 1 aliphatic rings. The molecule has 1 saturated heterocycles. The van der Waals surface area contributed by atoms with E-state index < -0.39 is 0 Å². The Balaban J connectivity index is 1.95. The van der Waals surface area contributed by atoms with E-state index in [0.29, 0.717) is 6.54 Å². The Labute approximate surface area is 115 Å². The molecule has 19 heavy (non-hydrogen) atoms. The second kappa shape index (κ2) is 5.90. The minimum atomic E-state index is 0.163. The summed E-state index contributed by atoms with van der Waals surface area (Å²) in [7, 11) is 3.84. The first-order valence-electron chi connectivity index (χ1n) is 6.68. The van der Waals surface area contributed by atoms with E-state index in [2.05, 4.69) is 31.0 Å². The van der Waals surface area contributed by atoms with Gasteiger partial charge in [0.05, 0.1) is 20.3 Å². The van der Waals surface area contributed by atoms with Gasteiger partial charge in [-0.25, -0.2) is 0 Å². The van der Waals surface area contributed by atoms with E-state index >= 15 is 0 Å². The fourth-order valence-corrected chi connectivity index (χ4v) is 2.64. The fraction of sp³-hybridized carbons (Fsp3) is 0.600. The molecule has 1 fully saturated rings. The van der Waals surface area contributed by atoms with E-state index in [1.807, 2.05) is 6.07 Å². The smallest absolute Gasteiger partial charge is 0.121 e. The quantitative estimate of drug-likeness (QED) is 0.844. The molecule has 1 aromatic carbocycles. The lowest BCUT2D eigenvalue weighted by Gasteiger charge is -2.43. The summed E-state index contributed by atoms with van der Waals surface area (Å²) in [5, 5.41) is 0. The van der Waals surface area contributed by atoms with Gasteiger partial charge in [0.1, 0.15) is 5.75 Å². The Hall–Kier alpha value is -1.10. The van der Waals surface area contributed by atoms with Crippen molar-refractivity contribution in [1.29, 1.82) is 0 Å². The Bertz CT molecular complexity index is 425. The van der Waals surface area contributed by atoms with Gasteiger partial charge in [0.25, 0.3) is 0 Å². The number of rotatable bonds is 6. The highest BCUT2D eigenvalue weighted by Gasteiger charge is 2.38. The number of hydrogen-bond donors (Lipinski definition) is 1. The summed E-state index contributed by atoms with van der Waals surface area (Å²) in [5.41, 5.74) is 8.49. The zero-order chi connectivity index (χ0) is 13.9. The van der Waals surface area contributed by atoms with E-state index in [-0.39, 0.29) is 5.41 Å². The Morgan fingerprint density at radius 3 is 2.63 bits per heavy atom. The summed E-state index contributed by atoms with van der Waals surface area (Å²) in [5.74, 6) is 0.942. The SMILES string of the molecule is COc1ccc(CN(C)CC2(CN)COC2)cc1C. The summed E-state index contributed by atoms with van der Waals surface area (Å²) in [6.45, 7) is 6.24. The molecule has 0 atom stereocenters. The maximum atomic E-state index is 5.85. The van der Waals surface area contributed by atoms with Crippen molar-refractivity contribution in [2.75, 3.05) is 40.5 Å². The largest absolute Gasteiger partial charge is 0.496 e. The Kier molecular flexibility index (Phi) is 4.45. The predicted molar refractivity (Wildman–Crippen MR) is 76.4 cm³/mol. The average molecular weight is 264 g/mol. The Morgan fingerprint density at radius 1 is 1.42 bits per heavy atom. The van der Waals surface area contributed by atoms with Crippen LogP contribution in [0.5, 0.6) is 5.75 Å². The zero-order valence-corrected chi connectivity index (χ0v) is 12.1. The molecule has 1 aliphatic heterocycles. The molecule has 4 heteroatoms. The number of ether oxygens (including phenoxy) is 2. The van der Waals surface area contributed by atoms with Crippen molar-refractivity contribution < 1.29 is 9.47 Å². The summed E-state index contributed by atoms with van der Waals surface area (Å²) in [6, 6.07) is 6.33. The molecule has 106 valence electrons. The molecule has 0 bridgehead atoms. The van der Waals surface area contributed by atoms with Gasteiger partial charge in [-0.15, -0.1) is 0 Å². The summed E-state index contributed by atoms with van der Waals surface area (Å²) in [4.78, 5) is 2.32. The van der Waals surface area contributed by atoms with Crippen molar-refractivity contribution in [2.45, 2.75) is 13.5 Å². The second-order valence-electron chi connectivity index (χ2n) is 5.67. The van der Waals surface area contributed by atoms with Gasteiger partial charge in [0.15, 0.2) is 0 Å². The fourth-order valence-electron chi connectivity index (χ4n) is 2.64. The van der Waals surface area contributed by atoms with E-state index in [1.165, 1.54) is 11.1 Å². The van der Waals surface area contributed by atoms with Crippen LogP contribution < -0.4 is 10.5 Å². The van der Waals surface area contributed by atoms with E-state index in [0.717, 1.165) is 32.1 Å². The van der Waals surface area contributed by atoms with Gasteiger partial charge in [-0.1, -0.05) is 12.1 Å². The molecule has 2 N–H and O–H groups in total. The Morgan fingerprint density at radius 2 is 2.16 bits per heavy atom. The standard InChI is InChI=1S/C15H24N2O2/c1-12-6-13(4-5-14(12)18-3)7-17(2)9-15(8-16)10-19-11-15/h4-6H,7-11,16H2,1-3H3. The van der Waals surface area contributed by atoms with Crippen LogP contribution in [0.25, 0.3) is 0 Å². The molecule has 0 saturated carbocycles. The van der Waals surface area contributed by atoms with Gasteiger partial charge in [0, 0.05) is 25.0 Å². The molecular formula is C15H24N2O2. The number of aryl methyl sites for hydroxylation is 1. The van der Waals surface area contributed by atoms with Crippen LogP contribution in [0.15, 0.2) is 18.2 Å². The third-order valence-corrected chi connectivity index (χ3v) is 3.77. The highest BCUT2D eigenvalue weighted by molar-refractivity contribution is 5.36. The minimum absolute atomic E-state index is 0.163. The number of nitrogens with zero attached hydrogens (tertiary/aromatic N) is 1. The molecule has 1 aromatic rings. The predicted octanol–water partition coefficient (Wildman–Crippen LogP) is 1.41. The first kappa shape index (κ1) is 14.3. The minimum Gasteiger partial charge on any atom is -0.496 e. The second-order valence-corrected chi connectivity index (χ2v) is 5.67. The van der Waals surface area contributed by atoms with Crippen molar-refractivity contribution in [1.82, 2.24) is 4.90 Å². The van der Waals surface area contributed by atoms with Gasteiger partial charge in [-0.2, -0.15) is 0 Å². The normalized spacial score (nSPS) is 17.3. The van der Waals surface area contributed by atoms with Gasteiger partial charge in [0.2, 0.25) is 0 Å². The monoisotopic (exact) mass is 264 g/mol. The van der Waals surface area contributed by atoms with Crippen LogP contribution in [-0.2, 0) is 11.3 Å². The van der Waals surface area contributed by atoms with Crippen LogP contribution in [0.4, 0.5) is 0 Å². The number of hydrogen-bond acceptors (Lipinski definition) is 4. The molecule has 1 heterocycles. The van der Waals surface area contributed by atoms with Crippen molar-refractivity contribution in [3.05, 3.63) is 29.3 Å². The van der Waals surface area contributed by atoms with Crippen LogP contribution in [0, 0.1) is 12.3 Å². The summed E-state index contributed by atoms with van der Waals surface area (Å²) in [6.07, 6.45) is 0. The molecular weight excluding hydrogens is 240 g/mol. The zero-order valence-electron chi connectivity index (χ0n) is 12.1. The highest BCUT2D eigenvalue weighted by Crippen LogP contribution is 2.27. The number of nitrogens with two attached hydrogens (primary N) is 1. The van der Waals surface area contributed by atoms with E-state index in [1.54, 1.807) is 7.11 Å². The van der Waals surface area contributed by atoms with E-state index in [9.17, 15) is 0 Å². The van der Waals surface area contributed by atoms with Crippen LogP contribution in [-0.4, -0.2) is 45.4 Å². The third kappa shape index (κ3) is 3.26. The van der Waals surface area contributed by atoms with Crippen molar-refractivity contribution in [2.24, 2.45) is 11.1 Å². The van der Waals surface area contributed by atoms with Gasteiger partial charge in [-0.05, 0) is 31.2 Å². The third-order valence-electron chi connectivity index (χ3n) is 3.77. The summed E-state index contributed by atoms with van der Waals surface area (Å²) >= 11 is 0. The van der Waals surface area contributed by atoms with Crippen molar-refractivity contribution in [3.63, 3.8) is 0 Å². The molecule has 0 unspecified atom stereocenters. The number of benzene rings is 1. The molecule has 0 radical (unpaired) electrons. The van der Waals surface area contributed by atoms with Crippen molar-refractivity contribution >= 4 is 0 Å². The van der Waals surface area contributed by atoms with Crippen LogP contribution in [0.1, 0.15) is 11.1 Å². The topological polar surface area (TPSA) is 47.7 Å². The highest BCUT2D eigenvalue weighted by atomic mass is 16.5. The van der Waals surface area contributed by atoms with Crippen LogP contribution >= 0.6 is 0 Å². The van der Waals surface area contributed by atoms with Gasteiger partial charge in [-0.3, -0.25) is 0 Å². The maximum absolute atomic E-state index is 5.85. The molecule has 0 spiro atoms. The molecule has 0 aromatic heterocycles. The molecule has 2 rings (SSSR count).